The molecule has 2 fully saturated rings. The molecule has 2 aromatic rings. The Morgan fingerprint density at radius 2 is 2.19 bits per heavy atom. The van der Waals surface area contributed by atoms with Gasteiger partial charge >= 0.3 is 6.09 Å². The highest BCUT2D eigenvalue weighted by atomic mass is 16.6. The van der Waals surface area contributed by atoms with Crippen molar-refractivity contribution in [3.8, 4) is 0 Å². The highest BCUT2D eigenvalue weighted by Crippen LogP contribution is 2.21. The van der Waals surface area contributed by atoms with E-state index < -0.39 is 0 Å². The molecule has 0 aliphatic carbocycles. The number of piperazine rings is 1. The Kier molecular flexibility index (Phi) is 2.89. The molecule has 1 aromatic carbocycles. The van der Waals surface area contributed by atoms with E-state index in [1.807, 2.05) is 4.90 Å². The molecule has 5 heteroatoms. The van der Waals surface area contributed by atoms with Gasteiger partial charge in [-0.3, -0.25) is 9.80 Å². The van der Waals surface area contributed by atoms with E-state index in [9.17, 15) is 4.79 Å². The second kappa shape index (κ2) is 4.77. The molecule has 1 unspecified atom stereocenters. The number of fused-ring (bicyclic) bond motifs is 2. The van der Waals surface area contributed by atoms with Crippen LogP contribution in [0.25, 0.3) is 10.9 Å². The number of carbonyl (C=O) groups excluding carboxylic acids is 1. The van der Waals surface area contributed by atoms with Crippen LogP contribution in [0.4, 0.5) is 4.79 Å². The molecule has 1 amide bonds. The smallest absolute Gasteiger partial charge is 0.410 e. The highest BCUT2D eigenvalue weighted by molar-refractivity contribution is 5.80. The summed E-state index contributed by atoms with van der Waals surface area (Å²) in [4.78, 5) is 15.8. The monoisotopic (exact) mass is 285 g/mol. The summed E-state index contributed by atoms with van der Waals surface area (Å²) in [6, 6.07) is 9.03. The molecule has 4 rings (SSSR count). The fraction of sp³-hybridized carbons (Fsp3) is 0.438. The van der Waals surface area contributed by atoms with Crippen LogP contribution in [-0.4, -0.2) is 52.7 Å². The van der Waals surface area contributed by atoms with E-state index in [0.717, 1.165) is 26.2 Å². The molecule has 21 heavy (non-hydrogen) atoms. The van der Waals surface area contributed by atoms with Crippen molar-refractivity contribution in [3.05, 3.63) is 36.0 Å². The van der Waals surface area contributed by atoms with Crippen molar-refractivity contribution in [2.75, 3.05) is 26.2 Å². The molecule has 0 saturated carbocycles. The average Bonchev–Trinajstić information content (AvgIpc) is 3.03. The second-order valence-corrected chi connectivity index (χ2v) is 5.98. The van der Waals surface area contributed by atoms with Crippen molar-refractivity contribution < 1.29 is 9.53 Å². The molecule has 0 bridgehead atoms. The topological polar surface area (TPSA) is 37.7 Å². The van der Waals surface area contributed by atoms with Gasteiger partial charge in [0.1, 0.15) is 6.61 Å². The lowest BCUT2D eigenvalue weighted by Gasteiger charge is -2.35. The molecule has 5 nitrogen and oxygen atoms in total. The zero-order valence-corrected chi connectivity index (χ0v) is 12.2. The largest absolute Gasteiger partial charge is 0.447 e. The van der Waals surface area contributed by atoms with Gasteiger partial charge in [-0.2, -0.15) is 0 Å². The van der Waals surface area contributed by atoms with Gasteiger partial charge in [-0.15, -0.1) is 0 Å². The Morgan fingerprint density at radius 3 is 3.10 bits per heavy atom. The van der Waals surface area contributed by atoms with Crippen LogP contribution in [0, 0.1) is 0 Å². The minimum absolute atomic E-state index is 0.148. The Balaban J connectivity index is 1.49. The summed E-state index contributed by atoms with van der Waals surface area (Å²) in [6.45, 7) is 4.06. The predicted molar refractivity (Wildman–Crippen MR) is 80.0 cm³/mol. The standard InChI is InChI=1S/C16H19N3O2/c1-17-5-4-13-8-12(2-3-15(13)17)9-18-6-7-19-14(10-18)11-21-16(19)20/h2-5,8,14H,6-7,9-11H2,1H3. The van der Waals surface area contributed by atoms with Gasteiger partial charge < -0.3 is 9.30 Å². The number of cyclic esters (lactones) is 1. The van der Waals surface area contributed by atoms with Crippen molar-refractivity contribution >= 4 is 17.0 Å². The lowest BCUT2D eigenvalue weighted by atomic mass is 10.1. The molecule has 0 spiro atoms. The van der Waals surface area contributed by atoms with Gasteiger partial charge in [-0.1, -0.05) is 6.07 Å². The first-order valence-electron chi connectivity index (χ1n) is 7.40. The summed E-state index contributed by atoms with van der Waals surface area (Å²) in [7, 11) is 2.07. The molecule has 2 aliphatic rings. The minimum atomic E-state index is -0.148. The third-order valence-corrected chi connectivity index (χ3v) is 4.56. The van der Waals surface area contributed by atoms with E-state index in [1.54, 1.807) is 0 Å². The Hall–Kier alpha value is -2.01. The Labute approximate surface area is 123 Å². The van der Waals surface area contributed by atoms with Crippen LogP contribution < -0.4 is 0 Å². The highest BCUT2D eigenvalue weighted by Gasteiger charge is 2.37. The summed E-state index contributed by atoms with van der Waals surface area (Å²) in [6.07, 6.45) is 1.94. The van der Waals surface area contributed by atoms with E-state index in [0.29, 0.717) is 6.61 Å². The van der Waals surface area contributed by atoms with Gasteiger partial charge in [0.2, 0.25) is 0 Å². The number of aromatic nitrogens is 1. The number of amides is 1. The molecule has 1 aromatic heterocycles. The zero-order valence-electron chi connectivity index (χ0n) is 12.2. The van der Waals surface area contributed by atoms with Crippen LogP contribution in [0.3, 0.4) is 0 Å². The van der Waals surface area contributed by atoms with Gasteiger partial charge in [0.15, 0.2) is 0 Å². The van der Waals surface area contributed by atoms with Gasteiger partial charge in [-0.05, 0) is 29.1 Å². The van der Waals surface area contributed by atoms with Crippen molar-refractivity contribution in [2.24, 2.45) is 7.05 Å². The van der Waals surface area contributed by atoms with Crippen LogP contribution >= 0.6 is 0 Å². The fourth-order valence-electron chi connectivity index (χ4n) is 3.38. The van der Waals surface area contributed by atoms with Crippen molar-refractivity contribution in [3.63, 3.8) is 0 Å². The van der Waals surface area contributed by atoms with Gasteiger partial charge in [0.25, 0.3) is 0 Å². The Bertz CT molecular complexity index is 694. The number of hydrogen-bond donors (Lipinski definition) is 0. The summed E-state index contributed by atoms with van der Waals surface area (Å²) >= 11 is 0. The molecule has 3 heterocycles. The fourth-order valence-corrected chi connectivity index (χ4v) is 3.38. The zero-order chi connectivity index (χ0) is 14.4. The quantitative estimate of drug-likeness (QED) is 0.844. The number of benzene rings is 1. The van der Waals surface area contributed by atoms with Crippen molar-refractivity contribution in [1.82, 2.24) is 14.4 Å². The van der Waals surface area contributed by atoms with E-state index >= 15 is 0 Å². The van der Waals surface area contributed by atoms with E-state index in [4.69, 9.17) is 4.74 Å². The van der Waals surface area contributed by atoms with Gasteiger partial charge in [0.05, 0.1) is 6.04 Å². The maximum absolute atomic E-state index is 11.5. The first-order chi connectivity index (χ1) is 10.2. The number of carbonyl (C=O) groups is 1. The molecule has 110 valence electrons. The normalized spacial score (nSPS) is 22.6. The molecule has 0 radical (unpaired) electrons. The molecule has 2 saturated heterocycles. The van der Waals surface area contributed by atoms with E-state index in [1.165, 1.54) is 16.5 Å². The molecule has 2 aliphatic heterocycles. The van der Waals surface area contributed by atoms with Crippen LogP contribution in [-0.2, 0) is 18.3 Å². The summed E-state index contributed by atoms with van der Waals surface area (Å²) in [5.74, 6) is 0. The Morgan fingerprint density at radius 1 is 1.29 bits per heavy atom. The first kappa shape index (κ1) is 12.7. The first-order valence-corrected chi connectivity index (χ1v) is 7.40. The minimum Gasteiger partial charge on any atom is -0.447 e. The summed E-state index contributed by atoms with van der Waals surface area (Å²) in [5.41, 5.74) is 2.59. The van der Waals surface area contributed by atoms with Crippen molar-refractivity contribution in [1.29, 1.82) is 0 Å². The molecular weight excluding hydrogens is 266 g/mol. The summed E-state index contributed by atoms with van der Waals surface area (Å²) in [5, 5.41) is 1.29. The second-order valence-electron chi connectivity index (χ2n) is 5.98. The number of hydrogen-bond acceptors (Lipinski definition) is 3. The maximum atomic E-state index is 11.5. The van der Waals surface area contributed by atoms with E-state index in [2.05, 4.69) is 47.0 Å². The number of rotatable bonds is 2. The van der Waals surface area contributed by atoms with Crippen LogP contribution in [0.15, 0.2) is 30.5 Å². The third kappa shape index (κ3) is 2.17. The van der Waals surface area contributed by atoms with Gasteiger partial charge in [0, 0.05) is 44.9 Å². The number of ether oxygens (including phenoxy) is 1. The maximum Gasteiger partial charge on any atom is 0.410 e. The van der Waals surface area contributed by atoms with Crippen molar-refractivity contribution in [2.45, 2.75) is 12.6 Å². The van der Waals surface area contributed by atoms with Crippen LogP contribution in [0.1, 0.15) is 5.56 Å². The molecular formula is C16H19N3O2. The molecule has 1 atom stereocenters. The lowest BCUT2D eigenvalue weighted by molar-refractivity contribution is 0.115. The SMILES string of the molecule is Cn1ccc2cc(CN3CCN4C(=O)OCC4C3)ccc21. The third-order valence-electron chi connectivity index (χ3n) is 4.56. The van der Waals surface area contributed by atoms with Crippen LogP contribution in [0.5, 0.6) is 0 Å². The lowest BCUT2D eigenvalue weighted by Crippen LogP contribution is -2.51. The average molecular weight is 285 g/mol. The van der Waals surface area contributed by atoms with E-state index in [-0.39, 0.29) is 12.1 Å². The number of aryl methyl sites for hydroxylation is 1. The van der Waals surface area contributed by atoms with Gasteiger partial charge in [-0.25, -0.2) is 4.79 Å². The number of nitrogens with zero attached hydrogens (tertiary/aromatic N) is 3. The van der Waals surface area contributed by atoms with Crippen LogP contribution in [0.2, 0.25) is 0 Å². The molecule has 0 N–H and O–H groups in total. The summed E-state index contributed by atoms with van der Waals surface area (Å²) < 4.78 is 7.25. The predicted octanol–water partition coefficient (Wildman–Crippen LogP) is 1.81.